The summed E-state index contributed by atoms with van der Waals surface area (Å²) in [5, 5.41) is 2.14. The van der Waals surface area contributed by atoms with Crippen LogP contribution in [0.1, 0.15) is 5.56 Å². The number of anilines is 1. The summed E-state index contributed by atoms with van der Waals surface area (Å²) in [6.07, 6.45) is -5.20. The number of H-pyrrole nitrogens is 1. The number of rotatable bonds is 2. The SMILES string of the molecule is O=C(Nc1cc(C(F)(F)F)c[nH]c1=O)[C@@H]1COc2ccccc2O1. The third kappa shape index (κ3) is 3.19. The number of nitrogens with one attached hydrogen (secondary N) is 2. The van der Waals surface area contributed by atoms with E-state index in [4.69, 9.17) is 9.47 Å². The zero-order chi connectivity index (χ0) is 17.3. The number of ether oxygens (including phenoxy) is 2. The minimum absolute atomic E-state index is 0.125. The molecule has 2 heterocycles. The number of aromatic nitrogens is 1. The average Bonchev–Trinajstić information content (AvgIpc) is 2.55. The van der Waals surface area contributed by atoms with Gasteiger partial charge in [0.15, 0.2) is 11.5 Å². The molecule has 2 N–H and O–H groups in total. The largest absolute Gasteiger partial charge is 0.485 e. The maximum absolute atomic E-state index is 12.7. The van der Waals surface area contributed by atoms with Crippen molar-refractivity contribution in [2.24, 2.45) is 0 Å². The van der Waals surface area contributed by atoms with Gasteiger partial charge in [-0.15, -0.1) is 0 Å². The van der Waals surface area contributed by atoms with Crippen molar-refractivity contribution in [1.29, 1.82) is 0 Å². The summed E-state index contributed by atoms with van der Waals surface area (Å²) in [7, 11) is 0. The lowest BCUT2D eigenvalue weighted by molar-refractivity contribution is -0.137. The Balaban J connectivity index is 1.77. The smallest absolute Gasteiger partial charge is 0.417 e. The first-order valence-corrected chi connectivity index (χ1v) is 6.84. The monoisotopic (exact) mass is 340 g/mol. The van der Waals surface area contributed by atoms with Gasteiger partial charge in [0.2, 0.25) is 6.10 Å². The molecule has 3 rings (SSSR count). The van der Waals surface area contributed by atoms with Crippen LogP contribution in [0.15, 0.2) is 41.3 Å². The Kier molecular flexibility index (Phi) is 3.92. The molecular weight excluding hydrogens is 329 g/mol. The van der Waals surface area contributed by atoms with E-state index in [-0.39, 0.29) is 6.61 Å². The number of halogens is 3. The van der Waals surface area contributed by atoms with Crippen LogP contribution in [-0.2, 0) is 11.0 Å². The summed E-state index contributed by atoms with van der Waals surface area (Å²) in [6.45, 7) is -0.125. The lowest BCUT2D eigenvalue weighted by Gasteiger charge is -2.25. The van der Waals surface area contributed by atoms with Crippen molar-refractivity contribution in [3.63, 3.8) is 0 Å². The number of benzene rings is 1. The van der Waals surface area contributed by atoms with E-state index in [2.05, 4.69) is 5.32 Å². The normalized spacial score (nSPS) is 16.5. The zero-order valence-electron chi connectivity index (χ0n) is 12.0. The van der Waals surface area contributed by atoms with E-state index in [0.717, 1.165) is 0 Å². The summed E-state index contributed by atoms with van der Waals surface area (Å²) in [5.74, 6) is 0.00893. The molecule has 1 atom stereocenters. The number of aromatic amines is 1. The molecule has 0 bridgehead atoms. The molecule has 1 aromatic carbocycles. The highest BCUT2D eigenvalue weighted by Gasteiger charge is 2.32. The number of carbonyl (C=O) groups is 1. The molecule has 6 nitrogen and oxygen atoms in total. The third-order valence-corrected chi connectivity index (χ3v) is 3.29. The lowest BCUT2D eigenvalue weighted by Crippen LogP contribution is -2.41. The van der Waals surface area contributed by atoms with Crippen LogP contribution in [-0.4, -0.2) is 23.6 Å². The highest BCUT2D eigenvalue weighted by Crippen LogP contribution is 2.31. The van der Waals surface area contributed by atoms with Gasteiger partial charge in [0.25, 0.3) is 11.5 Å². The van der Waals surface area contributed by atoms with Gasteiger partial charge in [-0.2, -0.15) is 13.2 Å². The van der Waals surface area contributed by atoms with Gasteiger partial charge in [-0.1, -0.05) is 12.1 Å². The Hall–Kier alpha value is -2.97. The molecule has 0 radical (unpaired) electrons. The van der Waals surface area contributed by atoms with Crippen molar-refractivity contribution in [1.82, 2.24) is 4.98 Å². The molecule has 0 saturated carbocycles. The minimum Gasteiger partial charge on any atom is -0.485 e. The van der Waals surface area contributed by atoms with E-state index in [1.54, 1.807) is 24.3 Å². The fourth-order valence-corrected chi connectivity index (χ4v) is 2.10. The number of alkyl halides is 3. The molecule has 1 aromatic heterocycles. The van der Waals surface area contributed by atoms with Crippen LogP contribution in [0.5, 0.6) is 11.5 Å². The number of hydrogen-bond donors (Lipinski definition) is 2. The van der Waals surface area contributed by atoms with E-state index in [0.29, 0.717) is 23.8 Å². The van der Waals surface area contributed by atoms with E-state index in [9.17, 15) is 22.8 Å². The van der Waals surface area contributed by atoms with Crippen molar-refractivity contribution < 1.29 is 27.4 Å². The fraction of sp³-hybridized carbons (Fsp3) is 0.200. The van der Waals surface area contributed by atoms with Gasteiger partial charge in [-0.25, -0.2) is 0 Å². The first-order chi connectivity index (χ1) is 11.3. The molecule has 0 fully saturated rings. The van der Waals surface area contributed by atoms with E-state index >= 15 is 0 Å². The van der Waals surface area contributed by atoms with Crippen molar-refractivity contribution in [2.75, 3.05) is 11.9 Å². The lowest BCUT2D eigenvalue weighted by atomic mass is 10.2. The summed E-state index contributed by atoms with van der Waals surface area (Å²) in [4.78, 5) is 25.7. The first kappa shape index (κ1) is 15.9. The quantitative estimate of drug-likeness (QED) is 0.878. The first-order valence-electron chi connectivity index (χ1n) is 6.84. The zero-order valence-corrected chi connectivity index (χ0v) is 12.0. The number of pyridine rings is 1. The second kappa shape index (κ2) is 5.91. The Labute approximate surface area is 133 Å². The predicted octanol–water partition coefficient (Wildman–Crippen LogP) is 2.17. The summed E-state index contributed by atoms with van der Waals surface area (Å²) in [5.41, 5.74) is -2.45. The molecule has 1 aliphatic rings. The van der Waals surface area contributed by atoms with Crippen molar-refractivity contribution >= 4 is 11.6 Å². The highest BCUT2D eigenvalue weighted by molar-refractivity contribution is 5.94. The number of fused-ring (bicyclic) bond motifs is 1. The molecule has 1 amide bonds. The number of para-hydroxylation sites is 2. The summed E-state index contributed by atoms with van der Waals surface area (Å²) >= 11 is 0. The Morgan fingerprint density at radius 1 is 1.25 bits per heavy atom. The van der Waals surface area contributed by atoms with Gasteiger partial charge in [-0.05, 0) is 18.2 Å². The molecule has 2 aromatic rings. The van der Waals surface area contributed by atoms with Crippen LogP contribution >= 0.6 is 0 Å². The molecule has 0 unspecified atom stereocenters. The predicted molar refractivity (Wildman–Crippen MR) is 77.0 cm³/mol. The van der Waals surface area contributed by atoms with E-state index in [1.807, 2.05) is 4.98 Å². The molecule has 24 heavy (non-hydrogen) atoms. The fourth-order valence-electron chi connectivity index (χ4n) is 2.10. The number of carbonyl (C=O) groups excluding carboxylic acids is 1. The van der Waals surface area contributed by atoms with Crippen molar-refractivity contribution in [3.8, 4) is 11.5 Å². The minimum atomic E-state index is -4.65. The van der Waals surface area contributed by atoms with Crippen LogP contribution in [0.2, 0.25) is 0 Å². The average molecular weight is 340 g/mol. The van der Waals surface area contributed by atoms with Gasteiger partial charge >= 0.3 is 6.18 Å². The molecule has 1 aliphatic heterocycles. The highest BCUT2D eigenvalue weighted by atomic mass is 19.4. The van der Waals surface area contributed by atoms with Gasteiger partial charge < -0.3 is 19.8 Å². The summed E-state index contributed by atoms with van der Waals surface area (Å²) in [6, 6.07) is 7.21. The maximum atomic E-state index is 12.7. The Morgan fingerprint density at radius 2 is 1.96 bits per heavy atom. The standard InChI is InChI=1S/C15H11F3N2O4/c16-15(17,18)8-5-9(13(21)19-6-8)20-14(22)12-7-23-10-3-1-2-4-11(10)24-12/h1-6,12H,7H2,(H,19,21)(H,20,22)/t12-/m0/s1. The molecular formula is C15H11F3N2O4. The van der Waals surface area contributed by atoms with Crippen LogP contribution in [0, 0.1) is 0 Å². The van der Waals surface area contributed by atoms with Gasteiger partial charge in [0.1, 0.15) is 12.3 Å². The Morgan fingerprint density at radius 3 is 2.67 bits per heavy atom. The summed E-state index contributed by atoms with van der Waals surface area (Å²) < 4.78 is 48.8. The molecule has 0 aliphatic carbocycles. The van der Waals surface area contributed by atoms with Crippen LogP contribution < -0.4 is 20.3 Å². The van der Waals surface area contributed by atoms with Crippen LogP contribution in [0.4, 0.5) is 18.9 Å². The van der Waals surface area contributed by atoms with Gasteiger partial charge in [0.05, 0.1) is 5.56 Å². The Bertz CT molecular complexity index is 832. The van der Waals surface area contributed by atoms with Crippen molar-refractivity contribution in [2.45, 2.75) is 12.3 Å². The van der Waals surface area contributed by atoms with Gasteiger partial charge in [-0.3, -0.25) is 9.59 Å². The number of amides is 1. The van der Waals surface area contributed by atoms with E-state index < -0.39 is 35.0 Å². The molecule has 126 valence electrons. The van der Waals surface area contributed by atoms with Crippen molar-refractivity contribution in [3.05, 3.63) is 52.4 Å². The molecule has 0 spiro atoms. The van der Waals surface area contributed by atoms with Crippen LogP contribution in [0.25, 0.3) is 0 Å². The van der Waals surface area contributed by atoms with Crippen LogP contribution in [0.3, 0.4) is 0 Å². The second-order valence-electron chi connectivity index (χ2n) is 4.98. The van der Waals surface area contributed by atoms with E-state index in [1.165, 1.54) is 0 Å². The molecule has 9 heteroatoms. The topological polar surface area (TPSA) is 80.4 Å². The number of hydrogen-bond acceptors (Lipinski definition) is 4. The second-order valence-corrected chi connectivity index (χ2v) is 4.98. The van der Waals surface area contributed by atoms with Gasteiger partial charge in [0, 0.05) is 6.20 Å². The third-order valence-electron chi connectivity index (χ3n) is 3.29. The maximum Gasteiger partial charge on any atom is 0.417 e. The molecule has 0 saturated heterocycles.